The Hall–Kier alpha value is -0.570. The minimum atomic E-state index is 0.861. The molecule has 0 aliphatic rings. The smallest absolute Gasteiger partial charge is 0.0136 e. The van der Waals surface area contributed by atoms with E-state index in [2.05, 4.69) is 53.9 Å². The number of allylic oxidation sites excluding steroid dienone is 2. The molecule has 0 saturated heterocycles. The maximum absolute atomic E-state index is 3.98. The molecule has 62 valence electrons. The second-order valence-corrected chi connectivity index (χ2v) is 3.85. The zero-order valence-electron chi connectivity index (χ0n) is 6.89. The molecule has 0 N–H and O–H groups in total. The van der Waals surface area contributed by atoms with Gasteiger partial charge in [-0.3, -0.25) is 0 Å². The molecule has 1 heteroatoms. The van der Waals surface area contributed by atoms with Crippen LogP contribution in [-0.2, 0) is 0 Å². The molecule has 0 aliphatic heterocycles. The highest BCUT2D eigenvalue weighted by Gasteiger charge is 1.96. The minimum absolute atomic E-state index is 0.861. The first kappa shape index (κ1) is 9.52. The molecule has 0 aromatic heterocycles. The maximum Gasteiger partial charge on any atom is 0.0136 e. The van der Waals surface area contributed by atoms with E-state index < -0.39 is 0 Å². The predicted octanol–water partition coefficient (Wildman–Crippen LogP) is 3.88. The molecule has 0 fully saturated rings. The van der Waals surface area contributed by atoms with Gasteiger partial charge in [0.1, 0.15) is 0 Å². The Morgan fingerprint density at radius 3 is 2.83 bits per heavy atom. The lowest BCUT2D eigenvalue weighted by atomic mass is 10.1. The van der Waals surface area contributed by atoms with Crippen molar-refractivity contribution in [3.63, 3.8) is 0 Å². The largest absolute Gasteiger partial charge is 0.103 e. The molecule has 0 atom stereocenters. The van der Waals surface area contributed by atoms with Gasteiger partial charge in [0.2, 0.25) is 0 Å². The number of halogens is 1. The third-order valence-electron chi connectivity index (χ3n) is 1.62. The predicted molar refractivity (Wildman–Crippen MR) is 63.0 cm³/mol. The van der Waals surface area contributed by atoms with Gasteiger partial charge in [0.25, 0.3) is 0 Å². The van der Waals surface area contributed by atoms with E-state index in [1.54, 1.807) is 0 Å². The monoisotopic (exact) mass is 270 g/mol. The van der Waals surface area contributed by atoms with Crippen LogP contribution in [0.4, 0.5) is 0 Å². The summed E-state index contributed by atoms with van der Waals surface area (Å²) in [5.41, 5.74) is 2.34. The van der Waals surface area contributed by atoms with Crippen molar-refractivity contribution in [1.82, 2.24) is 0 Å². The van der Waals surface area contributed by atoms with Gasteiger partial charge in [0.05, 0.1) is 0 Å². The molecule has 1 aromatic rings. The van der Waals surface area contributed by atoms with Crippen LogP contribution in [0.15, 0.2) is 43.5 Å². The summed E-state index contributed by atoms with van der Waals surface area (Å²) in [6, 6.07) is 8.33. The summed E-state index contributed by atoms with van der Waals surface area (Å²) in [4.78, 5) is 0. The van der Waals surface area contributed by atoms with Crippen LogP contribution >= 0.6 is 22.6 Å². The lowest BCUT2D eigenvalue weighted by Gasteiger charge is -2.02. The van der Waals surface area contributed by atoms with E-state index in [1.165, 1.54) is 9.13 Å². The fourth-order valence-electron chi connectivity index (χ4n) is 1.00. The molecule has 0 amide bonds. The molecule has 0 radical (unpaired) electrons. The van der Waals surface area contributed by atoms with E-state index in [0.717, 1.165) is 12.0 Å². The molecular weight excluding hydrogens is 259 g/mol. The topological polar surface area (TPSA) is 0 Å². The van der Waals surface area contributed by atoms with Crippen molar-refractivity contribution in [2.24, 2.45) is 0 Å². The standard InChI is InChI=1S/C11H11I/c1-3-5-9(2)10-6-4-7-11(12)8-10/h3-4,6-8H,1-2,5H2. The highest BCUT2D eigenvalue weighted by atomic mass is 127. The highest BCUT2D eigenvalue weighted by Crippen LogP contribution is 2.18. The van der Waals surface area contributed by atoms with Crippen molar-refractivity contribution in [1.29, 1.82) is 0 Å². The van der Waals surface area contributed by atoms with Crippen LogP contribution in [0.2, 0.25) is 0 Å². The van der Waals surface area contributed by atoms with E-state index in [4.69, 9.17) is 0 Å². The zero-order chi connectivity index (χ0) is 8.97. The molecule has 0 unspecified atom stereocenters. The highest BCUT2D eigenvalue weighted by molar-refractivity contribution is 14.1. The second-order valence-electron chi connectivity index (χ2n) is 2.61. The molecule has 1 aromatic carbocycles. The average molecular weight is 270 g/mol. The number of rotatable bonds is 3. The van der Waals surface area contributed by atoms with Crippen LogP contribution in [-0.4, -0.2) is 0 Å². The zero-order valence-corrected chi connectivity index (χ0v) is 9.04. The van der Waals surface area contributed by atoms with Crippen molar-refractivity contribution in [2.75, 3.05) is 0 Å². The Kier molecular flexibility index (Phi) is 3.53. The van der Waals surface area contributed by atoms with Gasteiger partial charge in [-0.1, -0.05) is 24.8 Å². The van der Waals surface area contributed by atoms with Gasteiger partial charge in [-0.05, 0) is 52.3 Å². The van der Waals surface area contributed by atoms with Crippen LogP contribution in [0.5, 0.6) is 0 Å². The Morgan fingerprint density at radius 2 is 2.25 bits per heavy atom. The lowest BCUT2D eigenvalue weighted by molar-refractivity contribution is 1.40. The Labute approximate surface area is 87.1 Å². The van der Waals surface area contributed by atoms with Gasteiger partial charge in [-0.15, -0.1) is 6.58 Å². The Bertz CT molecular complexity index is 300. The molecule has 0 heterocycles. The van der Waals surface area contributed by atoms with Gasteiger partial charge >= 0.3 is 0 Å². The second kappa shape index (κ2) is 4.45. The third kappa shape index (κ3) is 2.48. The average Bonchev–Trinajstić information content (AvgIpc) is 2.05. The summed E-state index contributed by atoms with van der Waals surface area (Å²) >= 11 is 2.30. The third-order valence-corrected chi connectivity index (χ3v) is 2.29. The summed E-state index contributed by atoms with van der Waals surface area (Å²) < 4.78 is 1.25. The molecule has 0 aliphatic carbocycles. The quantitative estimate of drug-likeness (QED) is 0.577. The number of hydrogen-bond donors (Lipinski definition) is 0. The fraction of sp³-hybridized carbons (Fsp3) is 0.0909. The van der Waals surface area contributed by atoms with Crippen LogP contribution in [0.25, 0.3) is 5.57 Å². The molecular formula is C11H11I. The van der Waals surface area contributed by atoms with Gasteiger partial charge in [-0.25, -0.2) is 0 Å². The van der Waals surface area contributed by atoms with Crippen LogP contribution in [0.1, 0.15) is 12.0 Å². The van der Waals surface area contributed by atoms with E-state index in [0.29, 0.717) is 0 Å². The molecule has 0 saturated carbocycles. The fourth-order valence-corrected chi connectivity index (χ4v) is 1.54. The molecule has 1 rings (SSSR count). The van der Waals surface area contributed by atoms with Crippen LogP contribution in [0.3, 0.4) is 0 Å². The summed E-state index contributed by atoms with van der Waals surface area (Å²) in [6.07, 6.45) is 2.74. The Morgan fingerprint density at radius 1 is 1.50 bits per heavy atom. The van der Waals surface area contributed by atoms with Crippen molar-refractivity contribution in [3.05, 3.63) is 52.6 Å². The summed E-state index contributed by atoms with van der Waals surface area (Å²) in [7, 11) is 0. The SMILES string of the molecule is C=CCC(=C)c1cccc(I)c1. The van der Waals surface area contributed by atoms with Gasteiger partial charge < -0.3 is 0 Å². The van der Waals surface area contributed by atoms with Gasteiger partial charge in [-0.2, -0.15) is 0 Å². The van der Waals surface area contributed by atoms with Crippen LogP contribution < -0.4 is 0 Å². The first-order valence-electron chi connectivity index (χ1n) is 3.78. The number of benzene rings is 1. The van der Waals surface area contributed by atoms with Crippen molar-refractivity contribution in [2.45, 2.75) is 6.42 Å². The van der Waals surface area contributed by atoms with E-state index in [-0.39, 0.29) is 0 Å². The van der Waals surface area contributed by atoms with Crippen molar-refractivity contribution < 1.29 is 0 Å². The van der Waals surface area contributed by atoms with Gasteiger partial charge in [0.15, 0.2) is 0 Å². The van der Waals surface area contributed by atoms with Crippen LogP contribution in [0, 0.1) is 3.57 Å². The first-order chi connectivity index (χ1) is 5.74. The maximum atomic E-state index is 3.98. The summed E-state index contributed by atoms with van der Waals surface area (Å²) in [5.74, 6) is 0. The molecule has 0 bridgehead atoms. The summed E-state index contributed by atoms with van der Waals surface area (Å²) in [6.45, 7) is 7.67. The molecule has 12 heavy (non-hydrogen) atoms. The van der Waals surface area contributed by atoms with Crippen molar-refractivity contribution >= 4 is 28.2 Å². The van der Waals surface area contributed by atoms with E-state index in [1.807, 2.05) is 12.1 Å². The van der Waals surface area contributed by atoms with Gasteiger partial charge in [0, 0.05) is 3.57 Å². The minimum Gasteiger partial charge on any atom is -0.103 e. The van der Waals surface area contributed by atoms with E-state index >= 15 is 0 Å². The summed E-state index contributed by atoms with van der Waals surface area (Å²) in [5, 5.41) is 0. The number of hydrogen-bond acceptors (Lipinski definition) is 0. The Balaban J connectivity index is 2.87. The molecule has 0 spiro atoms. The molecule has 0 nitrogen and oxygen atoms in total. The van der Waals surface area contributed by atoms with E-state index in [9.17, 15) is 0 Å². The normalized spacial score (nSPS) is 9.42. The van der Waals surface area contributed by atoms with Crippen molar-refractivity contribution in [3.8, 4) is 0 Å². The first-order valence-corrected chi connectivity index (χ1v) is 4.86. The lowest BCUT2D eigenvalue weighted by Crippen LogP contribution is -1.81.